The molecule has 0 aliphatic carbocycles. The van der Waals surface area contributed by atoms with Gasteiger partial charge in [-0.05, 0) is 36.6 Å². The van der Waals surface area contributed by atoms with Crippen molar-refractivity contribution in [1.82, 2.24) is 5.32 Å². The van der Waals surface area contributed by atoms with E-state index in [1.807, 2.05) is 12.1 Å². The topological polar surface area (TPSA) is 35.5 Å². The second kappa shape index (κ2) is 6.60. The molecule has 0 aromatic heterocycles. The van der Waals surface area contributed by atoms with Gasteiger partial charge in [-0.1, -0.05) is 25.4 Å². The average molecular weight is 283 g/mol. The van der Waals surface area contributed by atoms with Gasteiger partial charge in [-0.3, -0.25) is 0 Å². The zero-order valence-corrected chi connectivity index (χ0v) is 12.5. The molecule has 106 valence electrons. The molecular formula is C15H23ClN2O. The van der Waals surface area contributed by atoms with Gasteiger partial charge >= 0.3 is 0 Å². The van der Waals surface area contributed by atoms with Gasteiger partial charge in [-0.15, -0.1) is 0 Å². The van der Waals surface area contributed by atoms with Crippen LogP contribution in [-0.2, 0) is 6.54 Å². The van der Waals surface area contributed by atoms with E-state index in [0.717, 1.165) is 37.5 Å². The van der Waals surface area contributed by atoms with Gasteiger partial charge in [0.2, 0.25) is 0 Å². The molecule has 0 atom stereocenters. The molecule has 1 aliphatic heterocycles. The third-order valence-electron chi connectivity index (χ3n) is 3.55. The van der Waals surface area contributed by atoms with Crippen LogP contribution >= 0.6 is 11.6 Å². The predicted octanol–water partition coefficient (Wildman–Crippen LogP) is 2.80. The van der Waals surface area contributed by atoms with Gasteiger partial charge in [0.05, 0.1) is 6.10 Å². The fourth-order valence-electron chi connectivity index (χ4n) is 2.43. The number of aliphatic hydroxyl groups is 1. The minimum absolute atomic E-state index is 0.138. The molecule has 0 bridgehead atoms. The lowest BCUT2D eigenvalue weighted by atomic mass is 10.0. The highest BCUT2D eigenvalue weighted by Gasteiger charge is 2.19. The molecule has 0 unspecified atom stereocenters. The van der Waals surface area contributed by atoms with Crippen LogP contribution in [-0.4, -0.2) is 30.3 Å². The van der Waals surface area contributed by atoms with E-state index in [9.17, 15) is 5.11 Å². The second-order valence-corrected chi connectivity index (χ2v) is 5.96. The van der Waals surface area contributed by atoms with E-state index < -0.39 is 0 Å². The first kappa shape index (κ1) is 14.6. The standard InChI is InChI=1S/C15H23ClN2O/c1-11(2)17-10-12-9-13(16)3-4-15(12)18-7-5-14(19)6-8-18/h3-4,9,11,14,17,19H,5-8,10H2,1-2H3. The number of aliphatic hydroxyl groups excluding tert-OH is 1. The monoisotopic (exact) mass is 282 g/mol. The predicted molar refractivity (Wildman–Crippen MR) is 80.9 cm³/mol. The van der Waals surface area contributed by atoms with Crippen LogP contribution in [0.3, 0.4) is 0 Å². The van der Waals surface area contributed by atoms with Gasteiger partial charge in [0.25, 0.3) is 0 Å². The molecule has 0 saturated carbocycles. The Labute approximate surface area is 120 Å². The van der Waals surface area contributed by atoms with Crippen molar-refractivity contribution in [1.29, 1.82) is 0 Å². The third-order valence-corrected chi connectivity index (χ3v) is 3.78. The number of benzene rings is 1. The molecule has 1 saturated heterocycles. The molecule has 0 amide bonds. The lowest BCUT2D eigenvalue weighted by molar-refractivity contribution is 0.145. The normalized spacial score (nSPS) is 17.2. The summed E-state index contributed by atoms with van der Waals surface area (Å²) in [6, 6.07) is 6.53. The summed E-state index contributed by atoms with van der Waals surface area (Å²) < 4.78 is 0. The molecule has 1 aliphatic rings. The summed E-state index contributed by atoms with van der Waals surface area (Å²) in [5.74, 6) is 0. The van der Waals surface area contributed by atoms with E-state index in [0.29, 0.717) is 6.04 Å². The maximum Gasteiger partial charge on any atom is 0.0574 e. The quantitative estimate of drug-likeness (QED) is 0.891. The average Bonchev–Trinajstić information content (AvgIpc) is 2.38. The Morgan fingerprint density at radius 1 is 1.37 bits per heavy atom. The van der Waals surface area contributed by atoms with E-state index in [-0.39, 0.29) is 6.10 Å². The number of nitrogens with one attached hydrogen (secondary N) is 1. The minimum Gasteiger partial charge on any atom is -0.393 e. The summed E-state index contributed by atoms with van der Waals surface area (Å²) in [4.78, 5) is 2.35. The van der Waals surface area contributed by atoms with Crippen molar-refractivity contribution in [3.05, 3.63) is 28.8 Å². The van der Waals surface area contributed by atoms with Crippen molar-refractivity contribution in [2.24, 2.45) is 0 Å². The van der Waals surface area contributed by atoms with Crippen LogP contribution in [0.1, 0.15) is 32.3 Å². The number of anilines is 1. The molecule has 3 nitrogen and oxygen atoms in total. The van der Waals surface area contributed by atoms with Crippen molar-refractivity contribution in [3.63, 3.8) is 0 Å². The van der Waals surface area contributed by atoms with Crippen LogP contribution in [0.2, 0.25) is 5.02 Å². The van der Waals surface area contributed by atoms with Gasteiger partial charge in [0, 0.05) is 36.4 Å². The number of halogens is 1. The van der Waals surface area contributed by atoms with Crippen molar-refractivity contribution < 1.29 is 5.11 Å². The van der Waals surface area contributed by atoms with Crippen LogP contribution in [0, 0.1) is 0 Å². The molecular weight excluding hydrogens is 260 g/mol. The van der Waals surface area contributed by atoms with Gasteiger partial charge < -0.3 is 15.3 Å². The SMILES string of the molecule is CC(C)NCc1cc(Cl)ccc1N1CCC(O)CC1. The van der Waals surface area contributed by atoms with E-state index >= 15 is 0 Å². The van der Waals surface area contributed by atoms with Crippen LogP contribution < -0.4 is 10.2 Å². The molecule has 19 heavy (non-hydrogen) atoms. The number of hydrogen-bond acceptors (Lipinski definition) is 3. The van der Waals surface area contributed by atoms with E-state index in [1.54, 1.807) is 0 Å². The summed E-state index contributed by atoms with van der Waals surface area (Å²) in [6.45, 7) is 6.94. The largest absolute Gasteiger partial charge is 0.393 e. The van der Waals surface area contributed by atoms with Crippen LogP contribution in [0.4, 0.5) is 5.69 Å². The molecule has 0 radical (unpaired) electrons. The first-order valence-corrected chi connectivity index (χ1v) is 7.39. The van der Waals surface area contributed by atoms with Crippen molar-refractivity contribution in [2.75, 3.05) is 18.0 Å². The Hall–Kier alpha value is -0.770. The maximum absolute atomic E-state index is 9.60. The van der Waals surface area contributed by atoms with Gasteiger partial charge in [-0.25, -0.2) is 0 Å². The molecule has 1 heterocycles. The maximum atomic E-state index is 9.60. The first-order valence-electron chi connectivity index (χ1n) is 7.01. The fraction of sp³-hybridized carbons (Fsp3) is 0.600. The molecule has 0 spiro atoms. The Balaban J connectivity index is 2.14. The zero-order valence-electron chi connectivity index (χ0n) is 11.7. The second-order valence-electron chi connectivity index (χ2n) is 5.53. The van der Waals surface area contributed by atoms with Crippen LogP contribution in [0.15, 0.2) is 18.2 Å². The summed E-state index contributed by atoms with van der Waals surface area (Å²) in [5.41, 5.74) is 2.47. The van der Waals surface area contributed by atoms with Crippen molar-refractivity contribution in [2.45, 2.75) is 45.4 Å². The molecule has 4 heteroatoms. The highest BCUT2D eigenvalue weighted by Crippen LogP contribution is 2.27. The number of hydrogen-bond donors (Lipinski definition) is 2. The molecule has 1 aromatic carbocycles. The van der Waals surface area contributed by atoms with Crippen molar-refractivity contribution >= 4 is 17.3 Å². The van der Waals surface area contributed by atoms with Gasteiger partial charge in [0.15, 0.2) is 0 Å². The Morgan fingerprint density at radius 3 is 2.68 bits per heavy atom. The summed E-state index contributed by atoms with van der Waals surface area (Å²) in [6.07, 6.45) is 1.56. The third kappa shape index (κ3) is 4.10. The highest BCUT2D eigenvalue weighted by atomic mass is 35.5. The molecule has 1 aromatic rings. The Bertz CT molecular complexity index is 415. The lowest BCUT2D eigenvalue weighted by Crippen LogP contribution is -2.36. The van der Waals surface area contributed by atoms with Gasteiger partial charge in [-0.2, -0.15) is 0 Å². The number of piperidine rings is 1. The van der Waals surface area contributed by atoms with Crippen LogP contribution in [0.25, 0.3) is 0 Å². The summed E-state index contributed by atoms with van der Waals surface area (Å²) >= 11 is 6.11. The number of rotatable bonds is 4. The highest BCUT2D eigenvalue weighted by molar-refractivity contribution is 6.30. The fourth-order valence-corrected chi connectivity index (χ4v) is 2.62. The van der Waals surface area contributed by atoms with E-state index in [2.05, 4.69) is 30.1 Å². The summed E-state index contributed by atoms with van der Waals surface area (Å²) in [7, 11) is 0. The zero-order chi connectivity index (χ0) is 13.8. The number of nitrogens with zero attached hydrogens (tertiary/aromatic N) is 1. The molecule has 2 N–H and O–H groups in total. The van der Waals surface area contributed by atoms with E-state index in [4.69, 9.17) is 11.6 Å². The van der Waals surface area contributed by atoms with E-state index in [1.165, 1.54) is 11.3 Å². The molecule has 1 fully saturated rings. The Kier molecular flexibility index (Phi) is 5.08. The molecule has 2 rings (SSSR count). The lowest BCUT2D eigenvalue weighted by Gasteiger charge is -2.33. The first-order chi connectivity index (χ1) is 9.06. The summed E-state index contributed by atoms with van der Waals surface area (Å²) in [5, 5.41) is 13.8. The van der Waals surface area contributed by atoms with Crippen LogP contribution in [0.5, 0.6) is 0 Å². The smallest absolute Gasteiger partial charge is 0.0574 e. The van der Waals surface area contributed by atoms with Gasteiger partial charge in [0.1, 0.15) is 0 Å². The minimum atomic E-state index is -0.138. The Morgan fingerprint density at radius 2 is 2.05 bits per heavy atom. The van der Waals surface area contributed by atoms with Crippen molar-refractivity contribution in [3.8, 4) is 0 Å².